The van der Waals surface area contributed by atoms with Gasteiger partial charge in [0.2, 0.25) is 0 Å². The van der Waals surface area contributed by atoms with Crippen molar-refractivity contribution in [3.05, 3.63) is 53.1 Å². The average Bonchev–Trinajstić information content (AvgIpc) is 3.33. The monoisotopic (exact) mass is 254 g/mol. The fraction of sp³-hybridized carbons (Fsp3) is 0.474. The molecule has 2 aliphatic carbocycles. The van der Waals surface area contributed by atoms with E-state index in [1.165, 1.54) is 44.1 Å². The third-order valence-corrected chi connectivity index (χ3v) is 3.70. The number of hydrogen-bond acceptors (Lipinski definition) is 0. The number of rotatable bonds is 4. The van der Waals surface area contributed by atoms with Crippen molar-refractivity contribution in [2.24, 2.45) is 5.92 Å². The van der Waals surface area contributed by atoms with Crippen molar-refractivity contribution in [3.8, 4) is 0 Å². The summed E-state index contributed by atoms with van der Waals surface area (Å²) in [6, 6.07) is 10.5. The van der Waals surface area contributed by atoms with E-state index in [2.05, 4.69) is 56.3 Å². The molecule has 0 bridgehead atoms. The van der Waals surface area contributed by atoms with Gasteiger partial charge in [-0.05, 0) is 37.2 Å². The van der Waals surface area contributed by atoms with Gasteiger partial charge in [-0.3, -0.25) is 0 Å². The Labute approximate surface area is 118 Å². The Morgan fingerprint density at radius 3 is 2.37 bits per heavy atom. The van der Waals surface area contributed by atoms with E-state index in [1.807, 2.05) is 0 Å². The minimum absolute atomic E-state index is 0.843. The average molecular weight is 254 g/mol. The van der Waals surface area contributed by atoms with Crippen LogP contribution in [0.2, 0.25) is 0 Å². The van der Waals surface area contributed by atoms with Gasteiger partial charge in [0.25, 0.3) is 0 Å². The lowest BCUT2D eigenvalue weighted by Gasteiger charge is -1.88. The topological polar surface area (TPSA) is 0 Å². The first-order chi connectivity index (χ1) is 9.29. The van der Waals surface area contributed by atoms with Gasteiger partial charge in [-0.1, -0.05) is 80.3 Å². The lowest BCUT2D eigenvalue weighted by Crippen LogP contribution is -1.67. The summed E-state index contributed by atoms with van der Waals surface area (Å²) in [6.07, 6.45) is 12.8. The molecule has 0 nitrogen and oxygen atoms in total. The van der Waals surface area contributed by atoms with Crippen molar-refractivity contribution < 1.29 is 0 Å². The molecule has 1 aromatic rings. The van der Waals surface area contributed by atoms with Crippen molar-refractivity contribution in [2.75, 3.05) is 0 Å². The van der Waals surface area contributed by atoms with Crippen LogP contribution in [0, 0.1) is 5.92 Å². The maximum absolute atomic E-state index is 2.41. The highest BCUT2D eigenvalue weighted by Gasteiger charge is 2.23. The SMILES string of the molecule is CC1CC1=Cc1ccccc1.CCCCC=C1CC1. The molecule has 1 atom stereocenters. The van der Waals surface area contributed by atoms with E-state index in [1.54, 1.807) is 11.1 Å². The molecule has 102 valence electrons. The van der Waals surface area contributed by atoms with Gasteiger partial charge in [0, 0.05) is 0 Å². The molecule has 19 heavy (non-hydrogen) atoms. The van der Waals surface area contributed by atoms with Gasteiger partial charge >= 0.3 is 0 Å². The zero-order chi connectivity index (χ0) is 13.5. The van der Waals surface area contributed by atoms with Crippen molar-refractivity contribution in [3.63, 3.8) is 0 Å². The Morgan fingerprint density at radius 1 is 1.16 bits per heavy atom. The second-order valence-electron chi connectivity index (χ2n) is 5.74. The molecular formula is C19H26. The van der Waals surface area contributed by atoms with Gasteiger partial charge in [-0.25, -0.2) is 0 Å². The number of unbranched alkanes of at least 4 members (excludes halogenated alkanes) is 2. The molecule has 0 amide bonds. The van der Waals surface area contributed by atoms with Crippen LogP contribution in [0.1, 0.15) is 57.9 Å². The summed E-state index contributed by atoms with van der Waals surface area (Å²) in [5.41, 5.74) is 4.63. The molecule has 0 spiro atoms. The van der Waals surface area contributed by atoms with Crippen molar-refractivity contribution in [1.82, 2.24) is 0 Å². The molecule has 0 saturated heterocycles. The van der Waals surface area contributed by atoms with Crippen LogP contribution in [0.15, 0.2) is 47.6 Å². The summed E-state index contributed by atoms with van der Waals surface area (Å²) in [5, 5.41) is 0. The summed E-state index contributed by atoms with van der Waals surface area (Å²) in [7, 11) is 0. The Bertz CT molecular complexity index is 430. The summed E-state index contributed by atoms with van der Waals surface area (Å²) < 4.78 is 0. The van der Waals surface area contributed by atoms with Gasteiger partial charge in [0.1, 0.15) is 0 Å². The second kappa shape index (κ2) is 7.33. The minimum atomic E-state index is 0.843. The van der Waals surface area contributed by atoms with E-state index >= 15 is 0 Å². The summed E-state index contributed by atoms with van der Waals surface area (Å²) >= 11 is 0. The minimum Gasteiger partial charge on any atom is -0.0853 e. The third kappa shape index (κ3) is 5.92. The Morgan fingerprint density at radius 2 is 1.84 bits per heavy atom. The quantitative estimate of drug-likeness (QED) is 0.456. The molecule has 2 aliphatic rings. The summed E-state index contributed by atoms with van der Waals surface area (Å²) in [6.45, 7) is 4.51. The van der Waals surface area contributed by atoms with Crippen molar-refractivity contribution in [2.45, 2.75) is 52.4 Å². The van der Waals surface area contributed by atoms with Crippen molar-refractivity contribution in [1.29, 1.82) is 0 Å². The molecule has 0 radical (unpaired) electrons. The molecule has 3 rings (SSSR count). The molecule has 0 N–H and O–H groups in total. The van der Waals surface area contributed by atoms with E-state index in [-0.39, 0.29) is 0 Å². The summed E-state index contributed by atoms with van der Waals surface area (Å²) in [5.74, 6) is 0.843. The number of allylic oxidation sites excluding steroid dienone is 3. The predicted molar refractivity (Wildman–Crippen MR) is 85.0 cm³/mol. The molecule has 2 saturated carbocycles. The number of hydrogen-bond donors (Lipinski definition) is 0. The summed E-state index contributed by atoms with van der Waals surface area (Å²) in [4.78, 5) is 0. The highest BCUT2D eigenvalue weighted by atomic mass is 14.3. The van der Waals surface area contributed by atoms with E-state index in [0.29, 0.717) is 0 Å². The molecule has 1 unspecified atom stereocenters. The van der Waals surface area contributed by atoms with Crippen LogP contribution in [0.25, 0.3) is 6.08 Å². The highest BCUT2D eigenvalue weighted by molar-refractivity contribution is 5.57. The predicted octanol–water partition coefficient (Wildman–Crippen LogP) is 6.01. The molecule has 0 heteroatoms. The van der Waals surface area contributed by atoms with Crippen LogP contribution in [-0.4, -0.2) is 0 Å². The lowest BCUT2D eigenvalue weighted by molar-refractivity contribution is 0.813. The first-order valence-electron chi connectivity index (χ1n) is 7.73. The van der Waals surface area contributed by atoms with Crippen LogP contribution >= 0.6 is 0 Å². The smallest absolute Gasteiger partial charge is 0.0191 e. The molecule has 0 heterocycles. The Hall–Kier alpha value is -1.30. The van der Waals surface area contributed by atoms with Gasteiger partial charge in [0.15, 0.2) is 0 Å². The second-order valence-corrected chi connectivity index (χ2v) is 5.74. The van der Waals surface area contributed by atoms with Gasteiger partial charge in [-0.15, -0.1) is 0 Å². The van der Waals surface area contributed by atoms with E-state index in [0.717, 1.165) is 5.92 Å². The standard InChI is InChI=1S/C11H12.C8H14/c1-9-7-11(9)8-10-5-3-2-4-6-10;1-2-3-4-5-8-6-7-8/h2-6,8-9H,7H2,1H3;5H,2-4,6-7H2,1H3. The molecule has 0 aliphatic heterocycles. The van der Waals surface area contributed by atoms with E-state index < -0.39 is 0 Å². The van der Waals surface area contributed by atoms with Crippen molar-refractivity contribution >= 4 is 6.08 Å². The van der Waals surface area contributed by atoms with E-state index in [4.69, 9.17) is 0 Å². The third-order valence-electron chi connectivity index (χ3n) is 3.70. The van der Waals surface area contributed by atoms with Crippen LogP contribution in [-0.2, 0) is 0 Å². The molecular weight excluding hydrogens is 228 g/mol. The molecule has 1 aromatic carbocycles. The van der Waals surface area contributed by atoms with Crippen LogP contribution < -0.4 is 0 Å². The van der Waals surface area contributed by atoms with Gasteiger partial charge in [0.05, 0.1) is 0 Å². The zero-order valence-corrected chi connectivity index (χ0v) is 12.4. The van der Waals surface area contributed by atoms with Gasteiger partial charge in [-0.2, -0.15) is 0 Å². The largest absolute Gasteiger partial charge is 0.0853 e. The highest BCUT2D eigenvalue weighted by Crippen LogP contribution is 2.38. The fourth-order valence-electron chi connectivity index (χ4n) is 2.05. The normalized spacial score (nSPS) is 21.7. The van der Waals surface area contributed by atoms with Crippen LogP contribution in [0.5, 0.6) is 0 Å². The van der Waals surface area contributed by atoms with Crippen LogP contribution in [0.4, 0.5) is 0 Å². The first kappa shape index (κ1) is 14.1. The van der Waals surface area contributed by atoms with E-state index in [9.17, 15) is 0 Å². The lowest BCUT2D eigenvalue weighted by atomic mass is 10.2. The fourth-order valence-corrected chi connectivity index (χ4v) is 2.05. The Balaban J connectivity index is 0.000000148. The molecule has 2 fully saturated rings. The zero-order valence-electron chi connectivity index (χ0n) is 12.4. The maximum atomic E-state index is 2.41. The van der Waals surface area contributed by atoms with Gasteiger partial charge < -0.3 is 0 Å². The molecule has 0 aromatic heterocycles. The maximum Gasteiger partial charge on any atom is -0.0191 e. The first-order valence-corrected chi connectivity index (χ1v) is 7.73. The Kier molecular flexibility index (Phi) is 5.44. The number of benzene rings is 1. The van der Waals surface area contributed by atoms with Crippen LogP contribution in [0.3, 0.4) is 0 Å².